The van der Waals surface area contributed by atoms with Gasteiger partial charge in [0, 0.05) is 37.8 Å². The molecule has 1 fully saturated rings. The van der Waals surface area contributed by atoms with E-state index in [1.807, 2.05) is 13.0 Å². The van der Waals surface area contributed by atoms with Crippen molar-refractivity contribution in [1.29, 1.82) is 0 Å². The summed E-state index contributed by atoms with van der Waals surface area (Å²) in [7, 11) is 0. The van der Waals surface area contributed by atoms with Crippen molar-refractivity contribution in [2.24, 2.45) is 0 Å². The van der Waals surface area contributed by atoms with Crippen molar-refractivity contribution in [3.8, 4) is 5.75 Å². The molecule has 0 unspecified atom stereocenters. The largest absolute Gasteiger partial charge is 0.508 e. The Hall–Kier alpha value is -0.480. The standard InChI is InChI=1S/C16H26N2O.2ClH/c1-3-4-5-15(18-10-8-17-9-11-18)14-7-6-13(2)12-16(14)19;;/h6-7,12,15,17,19H,3-5,8-11H2,1-2H3;2*1H/t15-;;/m0../s1. The van der Waals surface area contributed by atoms with Crippen LogP contribution < -0.4 is 5.32 Å². The molecular weight excluding hydrogens is 307 g/mol. The van der Waals surface area contributed by atoms with Gasteiger partial charge in [-0.05, 0) is 25.0 Å². The highest BCUT2D eigenvalue weighted by Gasteiger charge is 2.23. The van der Waals surface area contributed by atoms with Gasteiger partial charge in [-0.3, -0.25) is 4.90 Å². The second kappa shape index (κ2) is 10.3. The highest BCUT2D eigenvalue weighted by molar-refractivity contribution is 5.85. The molecule has 0 aromatic heterocycles. The Kier molecular flexibility index (Phi) is 10.0. The molecule has 2 N–H and O–H groups in total. The van der Waals surface area contributed by atoms with Crippen molar-refractivity contribution in [2.45, 2.75) is 39.2 Å². The Balaban J connectivity index is 0.00000200. The number of piperazine rings is 1. The van der Waals surface area contributed by atoms with Crippen LogP contribution >= 0.6 is 24.8 Å². The van der Waals surface area contributed by atoms with Crippen LogP contribution in [-0.2, 0) is 0 Å². The molecule has 1 aromatic rings. The molecule has 1 heterocycles. The number of nitrogens with zero attached hydrogens (tertiary/aromatic N) is 1. The fourth-order valence-corrected chi connectivity index (χ4v) is 2.86. The number of nitrogens with one attached hydrogen (secondary N) is 1. The van der Waals surface area contributed by atoms with Crippen molar-refractivity contribution in [3.05, 3.63) is 29.3 Å². The molecule has 0 spiro atoms. The van der Waals surface area contributed by atoms with Gasteiger partial charge in [-0.2, -0.15) is 0 Å². The Morgan fingerprint density at radius 3 is 2.48 bits per heavy atom. The molecule has 1 aliphatic heterocycles. The number of halogens is 2. The third kappa shape index (κ3) is 5.67. The number of benzene rings is 1. The van der Waals surface area contributed by atoms with E-state index < -0.39 is 0 Å². The zero-order chi connectivity index (χ0) is 13.7. The van der Waals surface area contributed by atoms with E-state index in [2.05, 4.69) is 29.3 Å². The van der Waals surface area contributed by atoms with Crippen LogP contribution in [0.25, 0.3) is 0 Å². The first-order valence-electron chi connectivity index (χ1n) is 7.46. The summed E-state index contributed by atoms with van der Waals surface area (Å²) in [6.07, 6.45) is 3.55. The van der Waals surface area contributed by atoms with Gasteiger partial charge in [0.15, 0.2) is 0 Å². The lowest BCUT2D eigenvalue weighted by molar-refractivity contribution is 0.160. The smallest absolute Gasteiger partial charge is 0.120 e. The normalized spacial score (nSPS) is 16.7. The predicted molar refractivity (Wildman–Crippen MR) is 94.0 cm³/mol. The van der Waals surface area contributed by atoms with Gasteiger partial charge in [0.05, 0.1) is 0 Å². The molecule has 21 heavy (non-hydrogen) atoms. The number of aryl methyl sites for hydroxylation is 1. The Bertz CT molecular complexity index is 409. The van der Waals surface area contributed by atoms with E-state index in [-0.39, 0.29) is 24.8 Å². The molecule has 1 saturated heterocycles. The van der Waals surface area contributed by atoms with E-state index in [0.29, 0.717) is 11.8 Å². The lowest BCUT2D eigenvalue weighted by Gasteiger charge is -2.35. The molecule has 1 aromatic carbocycles. The van der Waals surface area contributed by atoms with E-state index in [9.17, 15) is 5.11 Å². The monoisotopic (exact) mass is 334 g/mol. The van der Waals surface area contributed by atoms with Crippen molar-refractivity contribution >= 4 is 24.8 Å². The van der Waals surface area contributed by atoms with Crippen LogP contribution in [0.1, 0.15) is 43.4 Å². The maximum absolute atomic E-state index is 10.2. The second-order valence-corrected chi connectivity index (χ2v) is 5.51. The summed E-state index contributed by atoms with van der Waals surface area (Å²) in [5.74, 6) is 0.458. The van der Waals surface area contributed by atoms with Gasteiger partial charge in [-0.15, -0.1) is 24.8 Å². The highest BCUT2D eigenvalue weighted by atomic mass is 35.5. The summed E-state index contributed by atoms with van der Waals surface area (Å²) in [6.45, 7) is 8.49. The lowest BCUT2D eigenvalue weighted by Crippen LogP contribution is -2.45. The van der Waals surface area contributed by atoms with Crippen LogP contribution in [0, 0.1) is 6.92 Å². The molecule has 2 rings (SSSR count). The number of unbranched alkanes of at least 4 members (excludes halogenated alkanes) is 1. The average Bonchev–Trinajstić information content (AvgIpc) is 2.42. The Labute approximate surface area is 140 Å². The van der Waals surface area contributed by atoms with E-state index in [1.54, 1.807) is 0 Å². The van der Waals surface area contributed by atoms with E-state index in [1.165, 1.54) is 12.8 Å². The van der Waals surface area contributed by atoms with Crippen LogP contribution in [0.4, 0.5) is 0 Å². The van der Waals surface area contributed by atoms with Crippen LogP contribution in [0.15, 0.2) is 18.2 Å². The van der Waals surface area contributed by atoms with Crippen LogP contribution in [-0.4, -0.2) is 36.2 Å². The van der Waals surface area contributed by atoms with Gasteiger partial charge in [0.2, 0.25) is 0 Å². The van der Waals surface area contributed by atoms with Gasteiger partial charge in [0.25, 0.3) is 0 Å². The van der Waals surface area contributed by atoms with E-state index in [4.69, 9.17) is 0 Å². The first-order chi connectivity index (χ1) is 9.22. The number of rotatable bonds is 5. The highest BCUT2D eigenvalue weighted by Crippen LogP contribution is 2.33. The first kappa shape index (κ1) is 20.5. The summed E-state index contributed by atoms with van der Waals surface area (Å²) in [6, 6.07) is 6.46. The fraction of sp³-hybridized carbons (Fsp3) is 0.625. The topological polar surface area (TPSA) is 35.5 Å². The van der Waals surface area contributed by atoms with Crippen molar-refractivity contribution < 1.29 is 5.11 Å². The lowest BCUT2D eigenvalue weighted by atomic mass is 9.97. The molecule has 0 radical (unpaired) electrons. The summed E-state index contributed by atoms with van der Waals surface area (Å²) in [5, 5.41) is 13.6. The third-order valence-corrected chi connectivity index (χ3v) is 3.97. The summed E-state index contributed by atoms with van der Waals surface area (Å²) in [4.78, 5) is 2.51. The number of hydrogen-bond donors (Lipinski definition) is 2. The van der Waals surface area contributed by atoms with Gasteiger partial charge in [-0.25, -0.2) is 0 Å². The predicted octanol–water partition coefficient (Wildman–Crippen LogP) is 3.68. The third-order valence-electron chi connectivity index (χ3n) is 3.97. The SMILES string of the molecule is CCCC[C@@H](c1ccc(C)cc1O)N1CCNCC1.Cl.Cl. The molecule has 122 valence electrons. The molecule has 3 nitrogen and oxygen atoms in total. The zero-order valence-electron chi connectivity index (χ0n) is 13.0. The molecule has 0 amide bonds. The molecule has 0 saturated carbocycles. The quantitative estimate of drug-likeness (QED) is 0.862. The minimum atomic E-state index is 0. The molecule has 1 atom stereocenters. The maximum atomic E-state index is 10.2. The Morgan fingerprint density at radius 2 is 1.90 bits per heavy atom. The second-order valence-electron chi connectivity index (χ2n) is 5.51. The minimum absolute atomic E-state index is 0. The van der Waals surface area contributed by atoms with Crippen molar-refractivity contribution in [3.63, 3.8) is 0 Å². The van der Waals surface area contributed by atoms with Crippen LogP contribution in [0.2, 0.25) is 0 Å². The van der Waals surface area contributed by atoms with Crippen molar-refractivity contribution in [2.75, 3.05) is 26.2 Å². The summed E-state index contributed by atoms with van der Waals surface area (Å²) in [5.41, 5.74) is 2.22. The molecular formula is C16H28Cl2N2O. The fourth-order valence-electron chi connectivity index (χ4n) is 2.86. The number of phenols is 1. The van der Waals surface area contributed by atoms with Crippen LogP contribution in [0.3, 0.4) is 0 Å². The first-order valence-corrected chi connectivity index (χ1v) is 7.46. The summed E-state index contributed by atoms with van der Waals surface area (Å²) >= 11 is 0. The Morgan fingerprint density at radius 1 is 1.24 bits per heavy atom. The number of hydrogen-bond acceptors (Lipinski definition) is 3. The van der Waals surface area contributed by atoms with Gasteiger partial charge in [0.1, 0.15) is 5.75 Å². The molecule has 5 heteroatoms. The van der Waals surface area contributed by atoms with Crippen LogP contribution in [0.5, 0.6) is 5.75 Å². The van der Waals surface area contributed by atoms with E-state index in [0.717, 1.165) is 43.7 Å². The van der Waals surface area contributed by atoms with Gasteiger partial charge < -0.3 is 10.4 Å². The molecule has 0 aliphatic carbocycles. The number of aromatic hydroxyl groups is 1. The molecule has 0 bridgehead atoms. The van der Waals surface area contributed by atoms with Gasteiger partial charge >= 0.3 is 0 Å². The average molecular weight is 335 g/mol. The maximum Gasteiger partial charge on any atom is 0.120 e. The van der Waals surface area contributed by atoms with Gasteiger partial charge in [-0.1, -0.05) is 31.9 Å². The van der Waals surface area contributed by atoms with E-state index >= 15 is 0 Å². The molecule has 1 aliphatic rings. The van der Waals surface area contributed by atoms with Crippen molar-refractivity contribution in [1.82, 2.24) is 10.2 Å². The minimum Gasteiger partial charge on any atom is -0.508 e. The zero-order valence-corrected chi connectivity index (χ0v) is 14.6. The summed E-state index contributed by atoms with van der Waals surface area (Å²) < 4.78 is 0. The number of phenolic OH excluding ortho intramolecular Hbond substituents is 1.